The average molecular weight is 265 g/mol. The van der Waals surface area contributed by atoms with Crippen LogP contribution < -0.4 is 0 Å². The Morgan fingerprint density at radius 1 is 1.41 bits per heavy atom. The monoisotopic (exact) mass is 265 g/mol. The molecule has 0 aromatic carbocycles. The van der Waals surface area contributed by atoms with Crippen LogP contribution in [0.3, 0.4) is 0 Å². The lowest BCUT2D eigenvalue weighted by Gasteiger charge is -2.26. The lowest BCUT2D eigenvalue weighted by molar-refractivity contribution is -1.07. The molecule has 0 amide bonds. The van der Waals surface area contributed by atoms with E-state index in [0.717, 1.165) is 0 Å². The summed E-state index contributed by atoms with van der Waals surface area (Å²) in [6.07, 6.45) is 0.195. The van der Waals surface area contributed by atoms with Gasteiger partial charge in [0.1, 0.15) is 6.54 Å². The number of hydrogen-bond acceptors (Lipinski definition) is 5. The molecule has 0 atom stereocenters. The second-order valence-electron chi connectivity index (χ2n) is 4.39. The molecule has 6 nitrogen and oxygen atoms in total. The largest absolute Gasteiger partial charge is 0.748 e. The van der Waals surface area contributed by atoms with Gasteiger partial charge in [0.05, 0.1) is 24.2 Å². The molecule has 0 rings (SSSR count). The minimum Gasteiger partial charge on any atom is -0.748 e. The molecule has 0 aromatic rings. The fourth-order valence-corrected chi connectivity index (χ4v) is 1.53. The first-order chi connectivity index (χ1) is 7.53. The standard InChI is InChI=1S/C10H19NO5S/c1-9(2)10(12)8-16-11(3,4)6-5-7-17(13,14)15/h1,5-8H2,2-4H3. The molecule has 0 unspecified atom stereocenters. The molecule has 0 radical (unpaired) electrons. The normalized spacial score (nSPS) is 12.5. The number of hydroxylamine groups is 3. The Bertz CT molecular complexity index is 386. The Hall–Kier alpha value is -0.760. The number of nitrogens with zero attached hydrogens (tertiary/aromatic N) is 1. The molecule has 0 aliphatic rings. The SMILES string of the molecule is C=C(C)C(=O)CO[N+](C)(C)CCCS(=O)(=O)[O-]. The van der Waals surface area contributed by atoms with E-state index in [-0.39, 0.29) is 23.5 Å². The Kier molecular flexibility index (Phi) is 5.97. The molecule has 0 aromatic heterocycles. The fraction of sp³-hybridized carbons (Fsp3) is 0.700. The van der Waals surface area contributed by atoms with E-state index in [9.17, 15) is 17.8 Å². The van der Waals surface area contributed by atoms with Gasteiger partial charge in [-0.25, -0.2) is 8.42 Å². The predicted octanol–water partition coefficient (Wildman–Crippen LogP) is 0.0749. The molecule has 7 heteroatoms. The summed E-state index contributed by atoms with van der Waals surface area (Å²) < 4.78 is 31.2. The van der Waals surface area contributed by atoms with Gasteiger partial charge in [0.2, 0.25) is 0 Å². The topological polar surface area (TPSA) is 83.5 Å². The zero-order valence-electron chi connectivity index (χ0n) is 10.4. The summed E-state index contributed by atoms with van der Waals surface area (Å²) in [4.78, 5) is 16.5. The van der Waals surface area contributed by atoms with E-state index in [4.69, 9.17) is 4.84 Å². The van der Waals surface area contributed by atoms with Gasteiger partial charge in [-0.2, -0.15) is 9.48 Å². The van der Waals surface area contributed by atoms with Crippen LogP contribution in [-0.4, -0.2) is 56.4 Å². The fourth-order valence-electron chi connectivity index (χ4n) is 1.04. The maximum Gasteiger partial charge on any atom is 0.189 e. The minimum atomic E-state index is -4.19. The van der Waals surface area contributed by atoms with Crippen LogP contribution in [0.5, 0.6) is 0 Å². The van der Waals surface area contributed by atoms with Crippen molar-refractivity contribution in [2.24, 2.45) is 0 Å². The van der Waals surface area contributed by atoms with Gasteiger partial charge in [-0.15, -0.1) is 0 Å². The van der Waals surface area contributed by atoms with E-state index in [1.54, 1.807) is 21.0 Å². The van der Waals surface area contributed by atoms with E-state index in [1.807, 2.05) is 0 Å². The Morgan fingerprint density at radius 3 is 2.35 bits per heavy atom. The minimum absolute atomic E-state index is 0.0224. The van der Waals surface area contributed by atoms with E-state index in [2.05, 4.69) is 6.58 Å². The maximum atomic E-state index is 11.2. The molecule has 100 valence electrons. The second kappa shape index (κ2) is 6.25. The second-order valence-corrected chi connectivity index (χ2v) is 5.91. The van der Waals surface area contributed by atoms with Crippen molar-refractivity contribution in [2.45, 2.75) is 13.3 Å². The third kappa shape index (κ3) is 8.99. The Morgan fingerprint density at radius 2 is 1.94 bits per heavy atom. The number of ketones is 1. The summed E-state index contributed by atoms with van der Waals surface area (Å²) in [6.45, 7) is 5.32. The van der Waals surface area contributed by atoms with Crippen LogP contribution in [0.25, 0.3) is 0 Å². The lowest BCUT2D eigenvalue weighted by atomic mass is 10.2. The first-order valence-electron chi connectivity index (χ1n) is 5.13. The van der Waals surface area contributed by atoms with Crippen molar-refractivity contribution in [3.8, 4) is 0 Å². The van der Waals surface area contributed by atoms with Crippen LogP contribution >= 0.6 is 0 Å². The van der Waals surface area contributed by atoms with Crippen LogP contribution in [0.4, 0.5) is 0 Å². The number of Topliss-reactive ketones (excluding diaryl/α,β-unsaturated/α-hetero) is 1. The average Bonchev–Trinajstić information content (AvgIpc) is 2.11. The molecule has 0 aliphatic heterocycles. The molecule has 0 N–H and O–H groups in total. The molecule has 0 spiro atoms. The summed E-state index contributed by atoms with van der Waals surface area (Å²) in [7, 11) is -0.821. The molecule has 0 saturated heterocycles. The highest BCUT2D eigenvalue weighted by molar-refractivity contribution is 7.85. The van der Waals surface area contributed by atoms with Crippen LogP contribution in [-0.2, 0) is 19.8 Å². The quantitative estimate of drug-likeness (QED) is 0.268. The summed E-state index contributed by atoms with van der Waals surface area (Å²) in [5.74, 6) is -0.625. The zero-order chi connectivity index (χ0) is 13.7. The van der Waals surface area contributed by atoms with Gasteiger partial charge in [-0.05, 0) is 12.5 Å². The van der Waals surface area contributed by atoms with Crippen LogP contribution in [0.1, 0.15) is 13.3 Å². The van der Waals surface area contributed by atoms with E-state index in [1.165, 1.54) is 0 Å². The third-order valence-corrected chi connectivity index (χ3v) is 2.90. The van der Waals surface area contributed by atoms with Gasteiger partial charge in [-0.1, -0.05) is 6.58 Å². The van der Waals surface area contributed by atoms with Crippen molar-refractivity contribution in [3.05, 3.63) is 12.2 Å². The zero-order valence-corrected chi connectivity index (χ0v) is 11.2. The van der Waals surface area contributed by atoms with Crippen LogP contribution in [0, 0.1) is 0 Å². The summed E-state index contributed by atoms with van der Waals surface area (Å²) >= 11 is 0. The van der Waals surface area contributed by atoms with Crippen molar-refractivity contribution in [1.82, 2.24) is 0 Å². The van der Waals surface area contributed by atoms with Gasteiger partial charge in [0.15, 0.2) is 12.4 Å². The van der Waals surface area contributed by atoms with Crippen molar-refractivity contribution in [1.29, 1.82) is 0 Å². The van der Waals surface area contributed by atoms with Gasteiger partial charge < -0.3 is 4.55 Å². The van der Waals surface area contributed by atoms with Gasteiger partial charge in [0.25, 0.3) is 0 Å². The van der Waals surface area contributed by atoms with Gasteiger partial charge >= 0.3 is 0 Å². The first-order valence-corrected chi connectivity index (χ1v) is 6.71. The summed E-state index contributed by atoms with van der Waals surface area (Å²) in [5.41, 5.74) is 0.409. The molecule has 0 fully saturated rings. The number of carbonyl (C=O) groups excluding carboxylic acids is 1. The van der Waals surface area contributed by atoms with Crippen LogP contribution in [0.15, 0.2) is 12.2 Å². The predicted molar refractivity (Wildman–Crippen MR) is 61.9 cm³/mol. The molecular formula is C10H19NO5S. The molecule has 17 heavy (non-hydrogen) atoms. The van der Waals surface area contributed by atoms with Crippen molar-refractivity contribution < 1.29 is 27.2 Å². The highest BCUT2D eigenvalue weighted by Gasteiger charge is 2.19. The highest BCUT2D eigenvalue weighted by Crippen LogP contribution is 2.04. The number of hydrogen-bond donors (Lipinski definition) is 0. The Labute approximate surface area is 102 Å². The summed E-state index contributed by atoms with van der Waals surface area (Å²) in [5, 5.41) is 0. The van der Waals surface area contributed by atoms with E-state index in [0.29, 0.717) is 12.1 Å². The van der Waals surface area contributed by atoms with E-state index >= 15 is 0 Å². The van der Waals surface area contributed by atoms with Crippen molar-refractivity contribution in [2.75, 3.05) is 33.0 Å². The summed E-state index contributed by atoms with van der Waals surface area (Å²) in [6, 6.07) is 0. The van der Waals surface area contributed by atoms with Gasteiger partial charge in [-0.3, -0.25) is 4.79 Å². The number of quaternary nitrogens is 1. The number of rotatable bonds is 8. The molecular weight excluding hydrogens is 246 g/mol. The van der Waals surface area contributed by atoms with Gasteiger partial charge in [0, 0.05) is 12.2 Å². The van der Waals surface area contributed by atoms with Crippen molar-refractivity contribution in [3.63, 3.8) is 0 Å². The Balaban J connectivity index is 4.04. The van der Waals surface area contributed by atoms with Crippen LogP contribution in [0.2, 0.25) is 0 Å². The highest BCUT2D eigenvalue weighted by atomic mass is 32.2. The molecule has 0 saturated carbocycles. The molecule has 0 heterocycles. The first kappa shape index (κ1) is 16.2. The maximum absolute atomic E-state index is 11.2. The lowest BCUT2D eigenvalue weighted by Crippen LogP contribution is -2.42. The molecule has 0 aliphatic carbocycles. The van der Waals surface area contributed by atoms with Crippen molar-refractivity contribution >= 4 is 15.9 Å². The van der Waals surface area contributed by atoms with E-state index < -0.39 is 15.9 Å². The smallest absolute Gasteiger partial charge is 0.189 e. The molecule has 0 bridgehead atoms. The third-order valence-electron chi connectivity index (χ3n) is 2.11. The number of carbonyl (C=O) groups is 1.